The van der Waals surface area contributed by atoms with Crippen molar-refractivity contribution in [2.24, 2.45) is 11.7 Å². The van der Waals surface area contributed by atoms with Crippen LogP contribution in [0.4, 0.5) is 5.69 Å². The molecule has 1 rings (SSSR count). The topological polar surface area (TPSA) is 84.2 Å². The molecule has 1 atom stereocenters. The lowest BCUT2D eigenvalue weighted by molar-refractivity contribution is -0.119. The lowest BCUT2D eigenvalue weighted by Gasteiger charge is -2.12. The summed E-state index contributed by atoms with van der Waals surface area (Å²) in [5, 5.41) is 5.70. The fourth-order valence-electron chi connectivity index (χ4n) is 1.63. The highest BCUT2D eigenvalue weighted by molar-refractivity contribution is 5.97. The van der Waals surface area contributed by atoms with Crippen LogP contribution in [0.3, 0.4) is 0 Å². The second-order valence-electron chi connectivity index (χ2n) is 4.34. The van der Waals surface area contributed by atoms with E-state index in [9.17, 15) is 9.59 Å². The molecule has 0 aliphatic carbocycles. The quantitative estimate of drug-likeness (QED) is 0.763. The molecule has 0 aliphatic heterocycles. The SMILES string of the molecule is CNCC(C)C(=O)Nc1ccc(C)c(C(N)=O)c1.Cl. The molecule has 5 nitrogen and oxygen atoms in total. The Balaban J connectivity index is 0.00000324. The number of nitrogens with two attached hydrogens (primary N) is 1. The molecule has 106 valence electrons. The Morgan fingerprint density at radius 1 is 1.37 bits per heavy atom. The molecular formula is C13H20ClN3O2. The van der Waals surface area contributed by atoms with Gasteiger partial charge < -0.3 is 16.4 Å². The summed E-state index contributed by atoms with van der Waals surface area (Å²) in [7, 11) is 1.79. The number of benzene rings is 1. The molecule has 0 saturated carbocycles. The van der Waals surface area contributed by atoms with Crippen molar-refractivity contribution in [2.75, 3.05) is 18.9 Å². The Hall–Kier alpha value is -1.59. The van der Waals surface area contributed by atoms with Crippen molar-refractivity contribution < 1.29 is 9.59 Å². The van der Waals surface area contributed by atoms with Crippen molar-refractivity contribution in [3.8, 4) is 0 Å². The second kappa shape index (κ2) is 7.76. The van der Waals surface area contributed by atoms with Crippen LogP contribution in [0.5, 0.6) is 0 Å². The highest BCUT2D eigenvalue weighted by Crippen LogP contribution is 2.15. The summed E-state index contributed by atoms with van der Waals surface area (Å²) in [6.07, 6.45) is 0. The Labute approximate surface area is 119 Å². The first kappa shape index (κ1) is 17.4. The van der Waals surface area contributed by atoms with E-state index < -0.39 is 5.91 Å². The summed E-state index contributed by atoms with van der Waals surface area (Å²) in [6, 6.07) is 5.12. The molecule has 0 heterocycles. The molecule has 0 bridgehead atoms. The van der Waals surface area contributed by atoms with Crippen LogP contribution in [-0.4, -0.2) is 25.4 Å². The molecule has 0 saturated heterocycles. The van der Waals surface area contributed by atoms with Gasteiger partial charge in [-0.25, -0.2) is 0 Å². The first-order valence-corrected chi connectivity index (χ1v) is 5.81. The van der Waals surface area contributed by atoms with Gasteiger partial charge in [0.2, 0.25) is 11.8 Å². The van der Waals surface area contributed by atoms with Gasteiger partial charge in [0.1, 0.15) is 0 Å². The zero-order valence-corrected chi connectivity index (χ0v) is 12.1. The van der Waals surface area contributed by atoms with Crippen LogP contribution >= 0.6 is 12.4 Å². The van der Waals surface area contributed by atoms with Gasteiger partial charge in [-0.15, -0.1) is 12.4 Å². The number of primary amides is 1. The van der Waals surface area contributed by atoms with Crippen LogP contribution in [0.15, 0.2) is 18.2 Å². The molecular weight excluding hydrogens is 266 g/mol. The Kier molecular flexibility index (Phi) is 7.11. The van der Waals surface area contributed by atoms with Gasteiger partial charge in [-0.1, -0.05) is 13.0 Å². The van der Waals surface area contributed by atoms with Crippen LogP contribution in [0.2, 0.25) is 0 Å². The minimum Gasteiger partial charge on any atom is -0.366 e. The summed E-state index contributed by atoms with van der Waals surface area (Å²) in [5.41, 5.74) is 7.07. The number of carbonyl (C=O) groups excluding carboxylic acids is 2. The molecule has 0 spiro atoms. The number of hydrogen-bond acceptors (Lipinski definition) is 3. The van der Waals surface area contributed by atoms with Crippen molar-refractivity contribution in [3.63, 3.8) is 0 Å². The van der Waals surface area contributed by atoms with E-state index in [2.05, 4.69) is 10.6 Å². The van der Waals surface area contributed by atoms with Gasteiger partial charge in [0.05, 0.1) is 0 Å². The van der Waals surface area contributed by atoms with Crippen LogP contribution in [0.1, 0.15) is 22.8 Å². The van der Waals surface area contributed by atoms with E-state index in [4.69, 9.17) is 5.73 Å². The molecule has 0 aliphatic rings. The molecule has 1 unspecified atom stereocenters. The summed E-state index contributed by atoms with van der Waals surface area (Å²) in [4.78, 5) is 23.0. The van der Waals surface area contributed by atoms with Gasteiger partial charge in [0.15, 0.2) is 0 Å². The Morgan fingerprint density at radius 2 is 2.00 bits per heavy atom. The maximum Gasteiger partial charge on any atom is 0.249 e. The molecule has 0 aromatic heterocycles. The van der Waals surface area contributed by atoms with E-state index in [0.29, 0.717) is 17.8 Å². The van der Waals surface area contributed by atoms with E-state index in [-0.39, 0.29) is 24.2 Å². The van der Waals surface area contributed by atoms with Crippen molar-refractivity contribution in [1.29, 1.82) is 0 Å². The molecule has 0 radical (unpaired) electrons. The monoisotopic (exact) mass is 285 g/mol. The molecule has 0 fully saturated rings. The van der Waals surface area contributed by atoms with Crippen LogP contribution in [0, 0.1) is 12.8 Å². The van der Waals surface area contributed by atoms with Gasteiger partial charge >= 0.3 is 0 Å². The third-order valence-electron chi connectivity index (χ3n) is 2.73. The van der Waals surface area contributed by atoms with Crippen molar-refractivity contribution in [1.82, 2.24) is 5.32 Å². The van der Waals surface area contributed by atoms with Crippen LogP contribution < -0.4 is 16.4 Å². The van der Waals surface area contributed by atoms with E-state index in [1.807, 2.05) is 6.92 Å². The first-order valence-electron chi connectivity index (χ1n) is 5.81. The third-order valence-corrected chi connectivity index (χ3v) is 2.73. The van der Waals surface area contributed by atoms with E-state index >= 15 is 0 Å². The number of amides is 2. The summed E-state index contributed by atoms with van der Waals surface area (Å²) in [5.74, 6) is -0.733. The number of aryl methyl sites for hydroxylation is 1. The standard InChI is InChI=1S/C13H19N3O2.ClH/c1-8-4-5-10(6-11(8)12(14)17)16-13(18)9(2)7-15-3;/h4-6,9,15H,7H2,1-3H3,(H2,14,17)(H,16,18);1H. The smallest absolute Gasteiger partial charge is 0.249 e. The average Bonchev–Trinajstić information content (AvgIpc) is 2.31. The number of rotatable bonds is 5. The molecule has 4 N–H and O–H groups in total. The molecule has 1 aromatic carbocycles. The fraction of sp³-hybridized carbons (Fsp3) is 0.385. The Morgan fingerprint density at radius 3 is 2.53 bits per heavy atom. The third kappa shape index (κ3) is 4.89. The number of carbonyl (C=O) groups is 2. The summed E-state index contributed by atoms with van der Waals surface area (Å²) < 4.78 is 0. The lowest BCUT2D eigenvalue weighted by Crippen LogP contribution is -2.28. The lowest BCUT2D eigenvalue weighted by atomic mass is 10.1. The maximum absolute atomic E-state index is 11.8. The minimum atomic E-state index is -0.494. The molecule has 1 aromatic rings. The van der Waals surface area contributed by atoms with Gasteiger partial charge in [-0.2, -0.15) is 0 Å². The van der Waals surface area contributed by atoms with Gasteiger partial charge in [0, 0.05) is 23.7 Å². The number of nitrogens with one attached hydrogen (secondary N) is 2. The van der Waals surface area contributed by atoms with Gasteiger partial charge in [-0.3, -0.25) is 9.59 Å². The molecule has 2 amide bonds. The van der Waals surface area contributed by atoms with Crippen molar-refractivity contribution >= 4 is 29.9 Å². The minimum absolute atomic E-state index is 0. The Bertz CT molecular complexity index is 463. The zero-order valence-electron chi connectivity index (χ0n) is 11.3. The van der Waals surface area contributed by atoms with E-state index in [1.165, 1.54) is 0 Å². The summed E-state index contributed by atoms with van der Waals surface area (Å²) >= 11 is 0. The number of halogens is 1. The molecule has 19 heavy (non-hydrogen) atoms. The van der Waals surface area contributed by atoms with Gasteiger partial charge in [-0.05, 0) is 31.7 Å². The second-order valence-corrected chi connectivity index (χ2v) is 4.34. The maximum atomic E-state index is 11.8. The van der Waals surface area contributed by atoms with E-state index in [1.54, 1.807) is 32.2 Å². The summed E-state index contributed by atoms with van der Waals surface area (Å²) in [6.45, 7) is 4.23. The van der Waals surface area contributed by atoms with Crippen molar-refractivity contribution in [3.05, 3.63) is 29.3 Å². The predicted molar refractivity (Wildman–Crippen MR) is 78.7 cm³/mol. The highest BCUT2D eigenvalue weighted by atomic mass is 35.5. The van der Waals surface area contributed by atoms with Crippen LogP contribution in [0.25, 0.3) is 0 Å². The largest absolute Gasteiger partial charge is 0.366 e. The normalized spacial score (nSPS) is 11.3. The van der Waals surface area contributed by atoms with Crippen LogP contribution in [-0.2, 0) is 4.79 Å². The predicted octanol–water partition coefficient (Wildman–Crippen LogP) is 1.31. The highest BCUT2D eigenvalue weighted by Gasteiger charge is 2.13. The zero-order chi connectivity index (χ0) is 13.7. The fourth-order valence-corrected chi connectivity index (χ4v) is 1.63. The number of hydrogen-bond donors (Lipinski definition) is 3. The van der Waals surface area contributed by atoms with Gasteiger partial charge in [0.25, 0.3) is 0 Å². The average molecular weight is 286 g/mol. The van der Waals surface area contributed by atoms with E-state index in [0.717, 1.165) is 5.56 Å². The number of anilines is 1. The molecule has 6 heteroatoms. The van der Waals surface area contributed by atoms with Crippen molar-refractivity contribution in [2.45, 2.75) is 13.8 Å². The first-order chi connectivity index (χ1) is 8.45.